The topological polar surface area (TPSA) is 66.0 Å². The molecule has 7 heteroatoms. The second-order valence-corrected chi connectivity index (χ2v) is 9.27. The molecule has 1 spiro atoms. The normalized spacial score (nSPS) is 29.4. The molecular weight excluding hydrogens is 360 g/mol. The summed E-state index contributed by atoms with van der Waals surface area (Å²) in [6.45, 7) is 3.17. The number of ether oxygens (including phenoxy) is 1. The minimum atomic E-state index is 0.00826. The van der Waals surface area contributed by atoms with Crippen molar-refractivity contribution in [3.05, 3.63) is 22.4 Å². The summed E-state index contributed by atoms with van der Waals surface area (Å²) >= 11 is 1.73. The Bertz CT molecular complexity index is 699. The Morgan fingerprint density at radius 1 is 1.48 bits per heavy atom. The van der Waals surface area contributed by atoms with Crippen LogP contribution in [-0.2, 0) is 9.53 Å². The van der Waals surface area contributed by atoms with E-state index in [0.717, 1.165) is 19.0 Å². The first-order valence-corrected chi connectivity index (χ1v) is 10.8. The second kappa shape index (κ2) is 7.43. The van der Waals surface area contributed by atoms with Gasteiger partial charge in [0.25, 0.3) is 0 Å². The predicted molar refractivity (Wildman–Crippen MR) is 108 cm³/mol. The molecule has 3 aliphatic rings. The van der Waals surface area contributed by atoms with Crippen LogP contribution in [0.1, 0.15) is 43.5 Å². The SMILES string of the molecule is CC(NC(=NCC(=O)N(C)C)NC1C2CCOC2C12CCC2)c1cccs1. The fourth-order valence-corrected chi connectivity index (χ4v) is 5.57. The van der Waals surface area contributed by atoms with E-state index in [9.17, 15) is 4.79 Å². The van der Waals surface area contributed by atoms with E-state index in [-0.39, 0.29) is 23.9 Å². The Morgan fingerprint density at radius 3 is 2.93 bits per heavy atom. The van der Waals surface area contributed by atoms with Gasteiger partial charge >= 0.3 is 0 Å². The summed E-state index contributed by atoms with van der Waals surface area (Å²) in [6, 6.07) is 4.74. The molecule has 1 saturated heterocycles. The zero-order chi connectivity index (χ0) is 19.0. The van der Waals surface area contributed by atoms with Crippen molar-refractivity contribution in [1.82, 2.24) is 15.5 Å². The van der Waals surface area contributed by atoms with Crippen molar-refractivity contribution >= 4 is 23.2 Å². The van der Waals surface area contributed by atoms with Crippen LogP contribution in [0.2, 0.25) is 0 Å². The molecular formula is C20H30N4O2S. The second-order valence-electron chi connectivity index (χ2n) is 8.29. The molecule has 1 aromatic rings. The molecule has 27 heavy (non-hydrogen) atoms. The number of rotatable bonds is 5. The number of amides is 1. The third kappa shape index (κ3) is 3.36. The third-order valence-electron chi connectivity index (χ3n) is 6.52. The number of nitrogens with one attached hydrogen (secondary N) is 2. The standard InChI is InChI=1S/C20H30N4O2S/c1-13(15-6-4-11-27-15)22-19(21-12-16(25)24(2)3)23-17-14-7-10-26-18(14)20(17)8-5-9-20/h4,6,11,13-14,17-18H,5,7-10,12H2,1-3H3,(H2,21,22,23). The largest absolute Gasteiger partial charge is 0.377 e. The quantitative estimate of drug-likeness (QED) is 0.598. The van der Waals surface area contributed by atoms with E-state index >= 15 is 0 Å². The number of guanidine groups is 1. The van der Waals surface area contributed by atoms with Gasteiger partial charge in [0.1, 0.15) is 6.54 Å². The highest BCUT2D eigenvalue weighted by Crippen LogP contribution is 2.62. The molecule has 0 radical (unpaired) electrons. The summed E-state index contributed by atoms with van der Waals surface area (Å²) in [5, 5.41) is 9.30. The first-order valence-electron chi connectivity index (χ1n) is 9.94. The van der Waals surface area contributed by atoms with Gasteiger partial charge in [-0.25, -0.2) is 4.99 Å². The number of hydrogen-bond donors (Lipinski definition) is 2. The summed E-state index contributed by atoms with van der Waals surface area (Å²) in [5.74, 6) is 1.32. The smallest absolute Gasteiger partial charge is 0.243 e. The lowest BCUT2D eigenvalue weighted by atomic mass is 9.46. The fourth-order valence-electron chi connectivity index (χ4n) is 4.84. The molecule has 2 aliphatic carbocycles. The van der Waals surface area contributed by atoms with Crippen LogP contribution in [0, 0.1) is 11.3 Å². The van der Waals surface area contributed by atoms with Crippen LogP contribution in [0.3, 0.4) is 0 Å². The summed E-state index contributed by atoms with van der Waals surface area (Å²) in [5.41, 5.74) is 0.279. The zero-order valence-electron chi connectivity index (χ0n) is 16.4. The Balaban J connectivity index is 1.49. The van der Waals surface area contributed by atoms with Gasteiger partial charge in [-0.15, -0.1) is 11.3 Å². The lowest BCUT2D eigenvalue weighted by Gasteiger charge is -2.63. The molecule has 4 atom stereocenters. The maximum Gasteiger partial charge on any atom is 0.243 e. The van der Waals surface area contributed by atoms with Crippen LogP contribution in [0.25, 0.3) is 0 Å². The molecule has 0 bridgehead atoms. The molecule has 2 saturated carbocycles. The first-order chi connectivity index (χ1) is 13.0. The van der Waals surface area contributed by atoms with Crippen LogP contribution in [0.15, 0.2) is 22.5 Å². The number of thiophene rings is 1. The highest BCUT2D eigenvalue weighted by atomic mass is 32.1. The number of carbonyl (C=O) groups is 1. The van der Waals surface area contributed by atoms with Crippen LogP contribution in [-0.4, -0.2) is 56.2 Å². The number of carbonyl (C=O) groups excluding carboxylic acids is 1. The number of aliphatic imine (C=N–C) groups is 1. The molecule has 2 N–H and O–H groups in total. The van der Waals surface area contributed by atoms with Gasteiger partial charge in [-0.1, -0.05) is 12.5 Å². The number of hydrogen-bond acceptors (Lipinski definition) is 4. The lowest BCUT2D eigenvalue weighted by Crippen LogP contribution is -2.72. The molecule has 3 fully saturated rings. The van der Waals surface area contributed by atoms with E-state index in [0.29, 0.717) is 18.1 Å². The highest BCUT2D eigenvalue weighted by Gasteiger charge is 2.66. The maximum atomic E-state index is 12.1. The molecule has 0 aromatic carbocycles. The number of likely N-dealkylation sites (N-methyl/N-ethyl adjacent to an activating group) is 1. The van der Waals surface area contributed by atoms with E-state index in [2.05, 4.69) is 40.1 Å². The lowest BCUT2D eigenvalue weighted by molar-refractivity contribution is -0.171. The maximum absolute atomic E-state index is 12.1. The van der Waals surface area contributed by atoms with Gasteiger partial charge in [-0.2, -0.15) is 0 Å². The minimum Gasteiger partial charge on any atom is -0.377 e. The Labute approximate surface area is 165 Å². The molecule has 148 valence electrons. The monoisotopic (exact) mass is 390 g/mol. The summed E-state index contributed by atoms with van der Waals surface area (Å²) in [4.78, 5) is 19.5. The molecule has 2 heterocycles. The van der Waals surface area contributed by atoms with Crippen molar-refractivity contribution in [2.24, 2.45) is 16.3 Å². The number of fused-ring (bicyclic) bond motifs is 2. The predicted octanol–water partition coefficient (Wildman–Crippen LogP) is 2.39. The summed E-state index contributed by atoms with van der Waals surface area (Å²) in [6.07, 6.45) is 5.29. The first kappa shape index (κ1) is 18.7. The van der Waals surface area contributed by atoms with Gasteiger partial charge < -0.3 is 20.3 Å². The molecule has 1 amide bonds. The van der Waals surface area contributed by atoms with Gasteiger partial charge in [0.05, 0.1) is 12.1 Å². The van der Waals surface area contributed by atoms with Crippen LogP contribution in [0.4, 0.5) is 0 Å². The molecule has 4 unspecified atom stereocenters. The van der Waals surface area contributed by atoms with Crippen molar-refractivity contribution in [2.75, 3.05) is 27.2 Å². The van der Waals surface area contributed by atoms with Crippen LogP contribution < -0.4 is 10.6 Å². The van der Waals surface area contributed by atoms with E-state index in [1.165, 1.54) is 24.1 Å². The fraction of sp³-hybridized carbons (Fsp3) is 0.700. The Kier molecular flexibility index (Phi) is 5.16. The van der Waals surface area contributed by atoms with Gasteiger partial charge in [0.2, 0.25) is 5.91 Å². The van der Waals surface area contributed by atoms with Crippen molar-refractivity contribution in [2.45, 2.75) is 50.8 Å². The molecule has 4 rings (SSSR count). The third-order valence-corrected chi connectivity index (χ3v) is 7.58. The molecule has 1 aliphatic heterocycles. The van der Waals surface area contributed by atoms with Gasteiger partial charge in [0, 0.05) is 43.0 Å². The summed E-state index contributed by atoms with van der Waals surface area (Å²) in [7, 11) is 3.53. The van der Waals surface area contributed by atoms with Crippen molar-refractivity contribution < 1.29 is 9.53 Å². The number of nitrogens with zero attached hydrogens (tertiary/aromatic N) is 2. The Morgan fingerprint density at radius 2 is 2.30 bits per heavy atom. The molecule has 1 aromatic heterocycles. The van der Waals surface area contributed by atoms with Crippen LogP contribution >= 0.6 is 11.3 Å². The van der Waals surface area contributed by atoms with Gasteiger partial charge in [-0.3, -0.25) is 4.79 Å². The van der Waals surface area contributed by atoms with Gasteiger partial charge in [0.15, 0.2) is 5.96 Å². The van der Waals surface area contributed by atoms with Crippen LogP contribution in [0.5, 0.6) is 0 Å². The van der Waals surface area contributed by atoms with E-state index in [4.69, 9.17) is 4.74 Å². The Hall–Kier alpha value is -1.60. The van der Waals surface area contributed by atoms with Gasteiger partial charge in [-0.05, 0) is 37.6 Å². The van der Waals surface area contributed by atoms with Crippen molar-refractivity contribution in [3.63, 3.8) is 0 Å². The van der Waals surface area contributed by atoms with Crippen molar-refractivity contribution in [1.29, 1.82) is 0 Å². The van der Waals surface area contributed by atoms with E-state index in [1.807, 2.05) is 0 Å². The summed E-state index contributed by atoms with van der Waals surface area (Å²) < 4.78 is 6.03. The zero-order valence-corrected chi connectivity index (χ0v) is 17.2. The molecule has 6 nitrogen and oxygen atoms in total. The van der Waals surface area contributed by atoms with E-state index < -0.39 is 0 Å². The average molecular weight is 391 g/mol. The van der Waals surface area contributed by atoms with Crippen molar-refractivity contribution in [3.8, 4) is 0 Å². The average Bonchev–Trinajstić information content (AvgIpc) is 3.26. The van der Waals surface area contributed by atoms with E-state index in [1.54, 1.807) is 30.3 Å². The minimum absolute atomic E-state index is 0.00826. The highest BCUT2D eigenvalue weighted by molar-refractivity contribution is 7.10.